The van der Waals surface area contributed by atoms with Crippen molar-refractivity contribution in [1.29, 1.82) is 0 Å². The quantitative estimate of drug-likeness (QED) is 0.632. The molecule has 0 saturated heterocycles. The van der Waals surface area contributed by atoms with Gasteiger partial charge in [-0.1, -0.05) is 55.3 Å². The van der Waals surface area contributed by atoms with Gasteiger partial charge in [0.05, 0.1) is 11.3 Å². The monoisotopic (exact) mass is 361 g/mol. The predicted octanol–water partition coefficient (Wildman–Crippen LogP) is 5.79. The summed E-state index contributed by atoms with van der Waals surface area (Å²) in [6.07, 6.45) is 1.65. The molecule has 24 heavy (non-hydrogen) atoms. The minimum atomic E-state index is -0.106. The topological polar surface area (TPSA) is 29.1 Å². The number of carbonyl (C=O) groups is 1. The Morgan fingerprint density at radius 2 is 1.67 bits per heavy atom. The smallest absolute Gasteiger partial charge is 0.233 e. The van der Waals surface area contributed by atoms with Gasteiger partial charge in [0.15, 0.2) is 0 Å². The number of rotatable bonds is 7. The number of aryl methyl sites for hydroxylation is 1. The molecule has 0 heterocycles. The third-order valence-electron chi connectivity index (χ3n) is 3.96. The van der Waals surface area contributed by atoms with Gasteiger partial charge in [0, 0.05) is 9.92 Å². The fourth-order valence-corrected chi connectivity index (χ4v) is 3.57. The van der Waals surface area contributed by atoms with E-state index in [1.165, 1.54) is 5.56 Å². The van der Waals surface area contributed by atoms with Crippen LogP contribution in [0.25, 0.3) is 0 Å². The highest BCUT2D eigenvalue weighted by molar-refractivity contribution is 8.00. The van der Waals surface area contributed by atoms with Gasteiger partial charge in [-0.25, -0.2) is 0 Å². The van der Waals surface area contributed by atoms with E-state index < -0.39 is 0 Å². The van der Waals surface area contributed by atoms with Crippen LogP contribution in [-0.2, 0) is 4.79 Å². The molecule has 0 aliphatic carbocycles. The molecule has 0 aliphatic heterocycles. The summed E-state index contributed by atoms with van der Waals surface area (Å²) in [6, 6.07) is 16.0. The van der Waals surface area contributed by atoms with Gasteiger partial charge in [-0.2, -0.15) is 0 Å². The first kappa shape index (κ1) is 18.9. The van der Waals surface area contributed by atoms with Crippen molar-refractivity contribution in [3.05, 3.63) is 64.7 Å². The fraction of sp³-hybridized carbons (Fsp3) is 0.350. The summed E-state index contributed by atoms with van der Waals surface area (Å²) in [5.41, 5.74) is 2.38. The average Bonchev–Trinajstić information content (AvgIpc) is 2.59. The number of benzene rings is 2. The summed E-state index contributed by atoms with van der Waals surface area (Å²) in [6.45, 7) is 6.21. The van der Waals surface area contributed by atoms with E-state index in [4.69, 9.17) is 11.6 Å². The maximum atomic E-state index is 12.7. The zero-order valence-corrected chi connectivity index (χ0v) is 16.0. The van der Waals surface area contributed by atoms with E-state index in [-0.39, 0.29) is 17.2 Å². The van der Waals surface area contributed by atoms with E-state index in [0.29, 0.717) is 5.02 Å². The average molecular weight is 362 g/mol. The van der Waals surface area contributed by atoms with Gasteiger partial charge in [-0.3, -0.25) is 4.79 Å². The van der Waals surface area contributed by atoms with Crippen LogP contribution in [0.5, 0.6) is 0 Å². The second-order valence-electron chi connectivity index (χ2n) is 5.85. The maximum Gasteiger partial charge on any atom is 0.233 e. The van der Waals surface area contributed by atoms with Crippen molar-refractivity contribution < 1.29 is 4.79 Å². The molecule has 2 aromatic carbocycles. The Balaban J connectivity index is 2.04. The van der Waals surface area contributed by atoms with Gasteiger partial charge in [0.1, 0.15) is 0 Å². The highest BCUT2D eigenvalue weighted by atomic mass is 35.5. The van der Waals surface area contributed by atoms with E-state index in [0.717, 1.165) is 23.3 Å². The number of amides is 1. The van der Waals surface area contributed by atoms with Crippen molar-refractivity contribution in [1.82, 2.24) is 5.32 Å². The van der Waals surface area contributed by atoms with Gasteiger partial charge in [0.2, 0.25) is 5.91 Å². The van der Waals surface area contributed by atoms with Gasteiger partial charge >= 0.3 is 0 Å². The molecule has 128 valence electrons. The first-order valence-corrected chi connectivity index (χ1v) is 9.58. The van der Waals surface area contributed by atoms with Crippen molar-refractivity contribution in [2.24, 2.45) is 0 Å². The molecule has 0 saturated carbocycles. The van der Waals surface area contributed by atoms with Crippen LogP contribution in [0, 0.1) is 6.92 Å². The van der Waals surface area contributed by atoms with Crippen LogP contribution >= 0.6 is 23.4 Å². The minimum absolute atomic E-state index is 0.0537. The van der Waals surface area contributed by atoms with Crippen LogP contribution in [0.1, 0.15) is 43.9 Å². The summed E-state index contributed by atoms with van der Waals surface area (Å²) in [4.78, 5) is 13.8. The normalized spacial score (nSPS) is 13.3. The number of halogens is 1. The third kappa shape index (κ3) is 5.29. The standard InChI is InChI=1S/C20H24ClNOS/c1-4-18(15-8-6-14(3)7-9-15)22-20(23)19(5-2)24-17-12-10-16(21)11-13-17/h6-13,18-19H,4-5H2,1-3H3,(H,22,23)/t18-,19+/m0/s1. The summed E-state index contributed by atoms with van der Waals surface area (Å²) in [5, 5.41) is 3.80. The Hall–Kier alpha value is -1.45. The molecular formula is C20H24ClNOS. The van der Waals surface area contributed by atoms with E-state index in [1.807, 2.05) is 31.2 Å². The van der Waals surface area contributed by atoms with E-state index >= 15 is 0 Å². The molecule has 0 bridgehead atoms. The number of thioether (sulfide) groups is 1. The van der Waals surface area contributed by atoms with Gasteiger partial charge in [-0.05, 0) is 49.6 Å². The highest BCUT2D eigenvalue weighted by Gasteiger charge is 2.21. The Labute approximate surface area is 154 Å². The SMILES string of the molecule is CC[C@H](NC(=O)[C@@H](CC)Sc1ccc(Cl)cc1)c1ccc(C)cc1. The molecule has 0 radical (unpaired) electrons. The first-order valence-electron chi connectivity index (χ1n) is 8.32. The second-order valence-corrected chi connectivity index (χ2v) is 7.56. The van der Waals surface area contributed by atoms with Crippen LogP contribution in [-0.4, -0.2) is 11.2 Å². The zero-order valence-electron chi connectivity index (χ0n) is 14.4. The molecule has 1 amide bonds. The maximum absolute atomic E-state index is 12.7. The molecule has 0 unspecified atom stereocenters. The molecule has 0 fully saturated rings. The van der Waals surface area contributed by atoms with Crippen LogP contribution in [0.3, 0.4) is 0 Å². The first-order chi connectivity index (χ1) is 11.5. The van der Waals surface area contributed by atoms with E-state index in [1.54, 1.807) is 11.8 Å². The molecule has 2 aromatic rings. The van der Waals surface area contributed by atoms with Gasteiger partial charge in [-0.15, -0.1) is 11.8 Å². The van der Waals surface area contributed by atoms with Crippen molar-refractivity contribution in [2.45, 2.75) is 49.8 Å². The number of hydrogen-bond donors (Lipinski definition) is 1. The van der Waals surface area contributed by atoms with Crippen LogP contribution in [0.4, 0.5) is 0 Å². The summed E-state index contributed by atoms with van der Waals surface area (Å²) < 4.78 is 0. The van der Waals surface area contributed by atoms with E-state index in [9.17, 15) is 4.79 Å². The summed E-state index contributed by atoms with van der Waals surface area (Å²) in [7, 11) is 0. The molecule has 2 atom stereocenters. The lowest BCUT2D eigenvalue weighted by atomic mass is 10.0. The highest BCUT2D eigenvalue weighted by Crippen LogP contribution is 2.28. The summed E-state index contributed by atoms with van der Waals surface area (Å²) in [5.74, 6) is 0.0878. The lowest BCUT2D eigenvalue weighted by molar-refractivity contribution is -0.121. The Morgan fingerprint density at radius 1 is 1.04 bits per heavy atom. The van der Waals surface area contributed by atoms with Gasteiger partial charge < -0.3 is 5.32 Å². The predicted molar refractivity (Wildman–Crippen MR) is 104 cm³/mol. The fourth-order valence-electron chi connectivity index (χ4n) is 2.48. The molecule has 1 N–H and O–H groups in total. The number of carbonyl (C=O) groups excluding carboxylic acids is 1. The van der Waals surface area contributed by atoms with Crippen molar-refractivity contribution >= 4 is 29.3 Å². The Bertz CT molecular complexity index is 654. The van der Waals surface area contributed by atoms with E-state index in [2.05, 4.69) is 43.4 Å². The van der Waals surface area contributed by atoms with Crippen LogP contribution < -0.4 is 5.32 Å². The van der Waals surface area contributed by atoms with Crippen LogP contribution in [0.2, 0.25) is 5.02 Å². The summed E-state index contributed by atoms with van der Waals surface area (Å²) >= 11 is 7.51. The second kappa shape index (κ2) is 9.14. The van der Waals surface area contributed by atoms with Crippen molar-refractivity contribution in [3.8, 4) is 0 Å². The molecular weight excluding hydrogens is 338 g/mol. The lowest BCUT2D eigenvalue weighted by Crippen LogP contribution is -2.35. The Kier molecular flexibility index (Phi) is 7.19. The molecule has 0 aliphatic rings. The number of hydrogen-bond acceptors (Lipinski definition) is 2. The molecule has 2 rings (SSSR count). The molecule has 0 spiro atoms. The molecule has 0 aromatic heterocycles. The van der Waals surface area contributed by atoms with Crippen molar-refractivity contribution in [3.63, 3.8) is 0 Å². The third-order valence-corrected chi connectivity index (χ3v) is 5.59. The largest absolute Gasteiger partial charge is 0.348 e. The van der Waals surface area contributed by atoms with Gasteiger partial charge in [0.25, 0.3) is 0 Å². The van der Waals surface area contributed by atoms with Crippen LogP contribution in [0.15, 0.2) is 53.4 Å². The Morgan fingerprint density at radius 3 is 2.21 bits per heavy atom. The molecule has 2 nitrogen and oxygen atoms in total. The molecule has 4 heteroatoms. The lowest BCUT2D eigenvalue weighted by Gasteiger charge is -2.21. The zero-order chi connectivity index (χ0) is 17.5. The number of nitrogens with one attached hydrogen (secondary N) is 1. The van der Waals surface area contributed by atoms with Crippen molar-refractivity contribution in [2.75, 3.05) is 0 Å². The minimum Gasteiger partial charge on any atom is -0.348 e.